The summed E-state index contributed by atoms with van der Waals surface area (Å²) >= 11 is 0. The third-order valence-corrected chi connectivity index (χ3v) is 13.3. The number of anilines is 3. The Labute approximate surface area is 388 Å². The minimum atomic E-state index is 0.812. The highest BCUT2D eigenvalue weighted by Gasteiger charge is 2.26. The number of rotatable bonds is 8. The first-order valence-corrected chi connectivity index (χ1v) is 22.8. The fraction of sp³-hybridized carbons (Fsp3) is 0. The fourth-order valence-electron chi connectivity index (χ4n) is 10.1. The number of nitrogens with zero attached hydrogens (tertiary/aromatic N) is 1. The molecule has 0 aliphatic carbocycles. The Morgan fingerprint density at radius 2 is 0.806 bits per heavy atom. The molecular weight excluding hydrogens is 815 g/mol. The molecule has 13 rings (SSSR count). The molecule has 0 saturated carbocycles. The Balaban J connectivity index is 1.07. The van der Waals surface area contributed by atoms with Gasteiger partial charge in [0.1, 0.15) is 16.7 Å². The van der Waals surface area contributed by atoms with E-state index >= 15 is 0 Å². The van der Waals surface area contributed by atoms with Crippen molar-refractivity contribution in [1.82, 2.24) is 0 Å². The zero-order chi connectivity index (χ0) is 44.3. The predicted octanol–water partition coefficient (Wildman–Crippen LogP) is 18.4. The molecule has 0 amide bonds. The maximum absolute atomic E-state index is 7.08. The summed E-state index contributed by atoms with van der Waals surface area (Å²) in [5, 5.41) is 6.62. The summed E-state index contributed by atoms with van der Waals surface area (Å²) in [5.41, 5.74) is 17.6. The molecule has 0 N–H and O–H groups in total. The van der Waals surface area contributed by atoms with Crippen LogP contribution in [0.2, 0.25) is 0 Å². The van der Waals surface area contributed by atoms with Crippen molar-refractivity contribution in [1.29, 1.82) is 0 Å². The van der Waals surface area contributed by atoms with E-state index in [1.165, 1.54) is 27.5 Å². The lowest BCUT2D eigenvalue weighted by molar-refractivity contribution is 0.668. The molecule has 13 aromatic rings. The summed E-state index contributed by atoms with van der Waals surface area (Å²) in [6, 6.07) is 88.6. The van der Waals surface area contributed by atoms with E-state index in [-0.39, 0.29) is 0 Å². The molecule has 3 heteroatoms. The van der Waals surface area contributed by atoms with Gasteiger partial charge >= 0.3 is 0 Å². The lowest BCUT2D eigenvalue weighted by atomic mass is 9.89. The Hall–Kier alpha value is -8.92. The van der Waals surface area contributed by atoms with Crippen LogP contribution in [-0.2, 0) is 0 Å². The van der Waals surface area contributed by atoms with Gasteiger partial charge in [-0.15, -0.1) is 0 Å². The highest BCUT2D eigenvalue weighted by molar-refractivity contribution is 6.19. The number of benzene rings is 11. The van der Waals surface area contributed by atoms with Crippen LogP contribution in [0.4, 0.5) is 17.1 Å². The van der Waals surface area contributed by atoms with Gasteiger partial charge in [-0.25, -0.2) is 0 Å². The van der Waals surface area contributed by atoms with Crippen LogP contribution in [0.3, 0.4) is 0 Å². The van der Waals surface area contributed by atoms with Crippen LogP contribution in [0.5, 0.6) is 0 Å². The van der Waals surface area contributed by atoms with Crippen LogP contribution in [0.1, 0.15) is 0 Å². The second-order valence-corrected chi connectivity index (χ2v) is 17.2. The highest BCUT2D eigenvalue weighted by Crippen LogP contribution is 2.50. The first-order chi connectivity index (χ1) is 33.2. The molecule has 0 fully saturated rings. The Bertz CT molecular complexity index is 3950. The van der Waals surface area contributed by atoms with E-state index in [0.29, 0.717) is 0 Å². The third-order valence-electron chi connectivity index (χ3n) is 13.3. The monoisotopic (exact) mass is 855 g/mol. The normalized spacial score (nSPS) is 11.6. The van der Waals surface area contributed by atoms with Gasteiger partial charge in [-0.2, -0.15) is 0 Å². The molecule has 11 aromatic carbocycles. The second-order valence-electron chi connectivity index (χ2n) is 17.2. The van der Waals surface area contributed by atoms with Gasteiger partial charge in [0.25, 0.3) is 0 Å². The van der Waals surface area contributed by atoms with Crippen LogP contribution < -0.4 is 4.90 Å². The van der Waals surface area contributed by atoms with E-state index in [1.807, 2.05) is 0 Å². The number of fused-ring (bicyclic) bond motifs is 7. The van der Waals surface area contributed by atoms with Crippen molar-refractivity contribution in [2.75, 3.05) is 4.90 Å². The summed E-state index contributed by atoms with van der Waals surface area (Å²) in [7, 11) is 0. The van der Waals surface area contributed by atoms with Crippen molar-refractivity contribution in [2.45, 2.75) is 0 Å². The molecule has 0 bridgehead atoms. The predicted molar refractivity (Wildman–Crippen MR) is 280 cm³/mol. The molecule has 0 saturated heterocycles. The van der Waals surface area contributed by atoms with Crippen LogP contribution >= 0.6 is 0 Å². The summed E-state index contributed by atoms with van der Waals surface area (Å²) in [6.45, 7) is 0. The zero-order valence-electron chi connectivity index (χ0n) is 36.4. The largest absolute Gasteiger partial charge is 0.455 e. The summed E-state index contributed by atoms with van der Waals surface area (Å²) < 4.78 is 14.1. The highest BCUT2D eigenvalue weighted by atomic mass is 16.3. The van der Waals surface area contributed by atoms with Crippen LogP contribution in [-0.4, -0.2) is 0 Å². The zero-order valence-corrected chi connectivity index (χ0v) is 36.4. The molecule has 0 radical (unpaired) electrons. The van der Waals surface area contributed by atoms with Crippen molar-refractivity contribution in [2.24, 2.45) is 0 Å². The Morgan fingerprint density at radius 3 is 1.48 bits per heavy atom. The minimum Gasteiger partial charge on any atom is -0.455 e. The van der Waals surface area contributed by atoms with E-state index in [1.54, 1.807) is 0 Å². The van der Waals surface area contributed by atoms with E-state index < -0.39 is 0 Å². The molecule has 3 nitrogen and oxygen atoms in total. The summed E-state index contributed by atoms with van der Waals surface area (Å²) in [5.74, 6) is 0. The average Bonchev–Trinajstić information content (AvgIpc) is 3.99. The van der Waals surface area contributed by atoms with Crippen molar-refractivity contribution in [3.8, 4) is 55.6 Å². The van der Waals surface area contributed by atoms with E-state index in [2.05, 4.69) is 254 Å². The first kappa shape index (κ1) is 38.5. The molecule has 2 heterocycles. The fourth-order valence-corrected chi connectivity index (χ4v) is 10.1. The molecular formula is C64H41NO2. The number of hydrogen-bond acceptors (Lipinski definition) is 3. The maximum atomic E-state index is 7.08. The van der Waals surface area contributed by atoms with Crippen LogP contribution in [0.25, 0.3) is 110 Å². The van der Waals surface area contributed by atoms with Gasteiger partial charge in [0.15, 0.2) is 5.58 Å². The average molecular weight is 856 g/mol. The second kappa shape index (κ2) is 16.0. The summed E-state index contributed by atoms with van der Waals surface area (Å²) in [4.78, 5) is 2.37. The smallest absolute Gasteiger partial charge is 0.159 e. The standard InChI is InChI=1S/C64H41NO2/c1-5-16-42(17-6-1)48-31-36-54-55-26-15-27-58(63(55)66-59(54)40-48)65(50-33-28-47(29-34-50)61-51-25-14-13-24-46(51)30-35-52(61)44-20-9-3-10-21-44)57-39-38-53(45-22-11-4-12-23-45)64-62(57)56-37-32-49(41-60(56)67-64)43-18-7-2-8-19-43/h1-41H. The van der Waals surface area contributed by atoms with E-state index in [0.717, 1.165) is 99.9 Å². The van der Waals surface area contributed by atoms with Gasteiger partial charge in [0.2, 0.25) is 0 Å². The first-order valence-electron chi connectivity index (χ1n) is 22.8. The number of furan rings is 2. The van der Waals surface area contributed by atoms with Crippen molar-refractivity contribution < 1.29 is 8.83 Å². The molecule has 314 valence electrons. The van der Waals surface area contributed by atoms with E-state index in [9.17, 15) is 0 Å². The third kappa shape index (κ3) is 6.59. The molecule has 0 aliphatic rings. The summed E-state index contributed by atoms with van der Waals surface area (Å²) in [6.07, 6.45) is 0. The minimum absolute atomic E-state index is 0.812. The van der Waals surface area contributed by atoms with Gasteiger partial charge in [-0.05, 0) is 115 Å². The van der Waals surface area contributed by atoms with Gasteiger partial charge in [-0.1, -0.05) is 194 Å². The van der Waals surface area contributed by atoms with Gasteiger partial charge in [0, 0.05) is 27.4 Å². The number of hydrogen-bond donors (Lipinski definition) is 0. The molecule has 0 unspecified atom stereocenters. The SMILES string of the molecule is c1ccc(-c2ccc3c(c2)oc2c(N(c4ccc(-c5c(-c6ccccc6)ccc6ccccc56)cc4)c4ccc(-c5ccccc5)c5oc6cc(-c7ccccc7)ccc6c45)cccc23)cc1. The molecule has 67 heavy (non-hydrogen) atoms. The van der Waals surface area contributed by atoms with Crippen molar-refractivity contribution in [3.05, 3.63) is 249 Å². The van der Waals surface area contributed by atoms with Gasteiger partial charge in [0.05, 0.1) is 16.8 Å². The van der Waals surface area contributed by atoms with E-state index in [4.69, 9.17) is 8.83 Å². The number of para-hydroxylation sites is 1. The Kier molecular flexibility index (Phi) is 9.17. The lowest BCUT2D eigenvalue weighted by Crippen LogP contribution is -2.11. The molecule has 0 atom stereocenters. The quantitative estimate of drug-likeness (QED) is 0.152. The van der Waals surface area contributed by atoms with Crippen LogP contribution in [0, 0.1) is 0 Å². The van der Waals surface area contributed by atoms with Gasteiger partial charge < -0.3 is 13.7 Å². The maximum Gasteiger partial charge on any atom is 0.159 e. The van der Waals surface area contributed by atoms with Gasteiger partial charge in [-0.3, -0.25) is 0 Å². The topological polar surface area (TPSA) is 29.5 Å². The lowest BCUT2D eigenvalue weighted by Gasteiger charge is -2.27. The molecule has 0 aliphatic heterocycles. The van der Waals surface area contributed by atoms with Crippen molar-refractivity contribution >= 4 is 71.7 Å². The Morgan fingerprint density at radius 1 is 0.284 bits per heavy atom. The molecule has 2 aromatic heterocycles. The van der Waals surface area contributed by atoms with Crippen molar-refractivity contribution in [3.63, 3.8) is 0 Å². The molecule has 0 spiro atoms. The van der Waals surface area contributed by atoms with Crippen LogP contribution in [0.15, 0.2) is 258 Å².